The highest BCUT2D eigenvalue weighted by molar-refractivity contribution is 8.00. The fourth-order valence-corrected chi connectivity index (χ4v) is 2.86. The van der Waals surface area contributed by atoms with Gasteiger partial charge < -0.3 is 9.73 Å². The molecule has 0 saturated carbocycles. The van der Waals surface area contributed by atoms with Gasteiger partial charge in [0.2, 0.25) is 11.8 Å². The van der Waals surface area contributed by atoms with Gasteiger partial charge in [0.15, 0.2) is 11.6 Å². The average molecular weight is 375 g/mol. The Kier molecular flexibility index (Phi) is 5.32. The smallest absolute Gasteiger partial charge is 0.277 e. The lowest BCUT2D eigenvalue weighted by Gasteiger charge is -2.10. The number of rotatable bonds is 5. The zero-order valence-electron chi connectivity index (χ0n) is 14.0. The van der Waals surface area contributed by atoms with Crippen LogP contribution in [0, 0.1) is 18.6 Å². The summed E-state index contributed by atoms with van der Waals surface area (Å²) in [5, 5.41) is 10.1. The number of hydrogen-bond donors (Lipinski definition) is 1. The molecule has 1 heterocycles. The van der Waals surface area contributed by atoms with Crippen LogP contribution >= 0.6 is 11.8 Å². The molecule has 0 aliphatic rings. The predicted molar refractivity (Wildman–Crippen MR) is 94.8 cm³/mol. The van der Waals surface area contributed by atoms with Gasteiger partial charge in [0.05, 0.1) is 5.25 Å². The van der Waals surface area contributed by atoms with Crippen molar-refractivity contribution in [2.24, 2.45) is 0 Å². The molecule has 1 amide bonds. The van der Waals surface area contributed by atoms with Crippen molar-refractivity contribution in [1.29, 1.82) is 0 Å². The number of aryl methyl sites for hydroxylation is 1. The second-order valence-electron chi connectivity index (χ2n) is 5.62. The number of thioether (sulfide) groups is 1. The van der Waals surface area contributed by atoms with Crippen molar-refractivity contribution in [2.45, 2.75) is 24.3 Å². The van der Waals surface area contributed by atoms with Gasteiger partial charge >= 0.3 is 0 Å². The SMILES string of the molecule is Cc1cccc(-c2nnc(S[C@@H](C)C(=O)Nc3ccc(F)c(F)c3)o2)c1. The Morgan fingerprint density at radius 3 is 2.69 bits per heavy atom. The maximum absolute atomic E-state index is 13.2. The van der Waals surface area contributed by atoms with E-state index in [9.17, 15) is 13.6 Å². The van der Waals surface area contributed by atoms with Crippen LogP contribution in [-0.4, -0.2) is 21.4 Å². The molecule has 1 atom stereocenters. The number of hydrogen-bond acceptors (Lipinski definition) is 5. The molecule has 0 aliphatic heterocycles. The number of anilines is 1. The number of nitrogens with one attached hydrogen (secondary N) is 1. The van der Waals surface area contributed by atoms with Crippen LogP contribution in [0.2, 0.25) is 0 Å². The normalized spacial score (nSPS) is 12.0. The van der Waals surface area contributed by atoms with Crippen LogP contribution in [0.5, 0.6) is 0 Å². The third-order valence-corrected chi connectivity index (χ3v) is 4.44. The molecule has 0 spiro atoms. The van der Waals surface area contributed by atoms with E-state index in [-0.39, 0.29) is 10.9 Å². The fraction of sp³-hybridized carbons (Fsp3) is 0.167. The minimum atomic E-state index is -1.03. The van der Waals surface area contributed by atoms with Crippen LogP contribution in [-0.2, 0) is 4.79 Å². The van der Waals surface area contributed by atoms with Gasteiger partial charge in [-0.1, -0.05) is 29.5 Å². The molecule has 0 aliphatic carbocycles. The van der Waals surface area contributed by atoms with Crippen LogP contribution in [0.4, 0.5) is 14.5 Å². The molecule has 3 rings (SSSR count). The number of aromatic nitrogens is 2. The second-order valence-corrected chi connectivity index (χ2v) is 6.91. The van der Waals surface area contributed by atoms with Gasteiger partial charge in [-0.25, -0.2) is 8.78 Å². The van der Waals surface area contributed by atoms with Crippen molar-refractivity contribution in [2.75, 3.05) is 5.32 Å². The standard InChI is InChI=1S/C18H15F2N3O2S/c1-10-4-3-5-12(8-10)17-22-23-18(25-17)26-11(2)16(24)21-13-6-7-14(19)15(20)9-13/h3-9,11H,1-2H3,(H,21,24)/t11-/m0/s1. The third kappa shape index (κ3) is 4.26. The number of carbonyl (C=O) groups is 1. The van der Waals surface area contributed by atoms with Gasteiger partial charge in [-0.3, -0.25) is 4.79 Å². The van der Waals surface area contributed by atoms with Crippen molar-refractivity contribution >= 4 is 23.4 Å². The van der Waals surface area contributed by atoms with E-state index in [1.54, 1.807) is 6.92 Å². The van der Waals surface area contributed by atoms with E-state index < -0.39 is 22.8 Å². The number of carbonyl (C=O) groups excluding carboxylic acids is 1. The van der Waals surface area contributed by atoms with Crippen molar-refractivity contribution in [3.05, 3.63) is 59.7 Å². The highest BCUT2D eigenvalue weighted by Crippen LogP contribution is 2.27. The maximum Gasteiger partial charge on any atom is 0.277 e. The molecule has 0 radical (unpaired) electrons. The van der Waals surface area contributed by atoms with Gasteiger partial charge in [0, 0.05) is 17.3 Å². The molecule has 5 nitrogen and oxygen atoms in total. The molecule has 1 N–H and O–H groups in total. The largest absolute Gasteiger partial charge is 0.411 e. The van der Waals surface area contributed by atoms with Gasteiger partial charge in [0.1, 0.15) is 0 Å². The van der Waals surface area contributed by atoms with Crippen LogP contribution in [0.15, 0.2) is 52.1 Å². The summed E-state index contributed by atoms with van der Waals surface area (Å²) in [5.41, 5.74) is 2.03. The summed E-state index contributed by atoms with van der Waals surface area (Å²) in [5.74, 6) is -2.02. The predicted octanol–water partition coefficient (Wildman–Crippen LogP) is 4.44. The summed E-state index contributed by atoms with van der Waals surface area (Å²) in [6.07, 6.45) is 0. The maximum atomic E-state index is 13.2. The fourth-order valence-electron chi connectivity index (χ4n) is 2.17. The van der Waals surface area contributed by atoms with Crippen LogP contribution in [0.1, 0.15) is 12.5 Å². The van der Waals surface area contributed by atoms with Gasteiger partial charge in [-0.15, -0.1) is 10.2 Å². The Labute approximate surface area is 152 Å². The van der Waals surface area contributed by atoms with E-state index in [1.807, 2.05) is 31.2 Å². The number of nitrogens with zero attached hydrogens (tertiary/aromatic N) is 2. The Hall–Kier alpha value is -2.74. The first kappa shape index (κ1) is 18.1. The molecule has 0 unspecified atom stereocenters. The molecular weight excluding hydrogens is 360 g/mol. The van der Waals surface area contributed by atoms with Crippen LogP contribution < -0.4 is 5.32 Å². The number of amides is 1. The molecular formula is C18H15F2N3O2S. The molecule has 134 valence electrons. The quantitative estimate of drug-likeness (QED) is 0.668. The Bertz CT molecular complexity index is 946. The molecule has 2 aromatic carbocycles. The number of halogens is 2. The minimum Gasteiger partial charge on any atom is -0.411 e. The Morgan fingerprint density at radius 2 is 1.96 bits per heavy atom. The van der Waals surface area contributed by atoms with E-state index in [4.69, 9.17) is 4.42 Å². The van der Waals surface area contributed by atoms with Crippen LogP contribution in [0.25, 0.3) is 11.5 Å². The molecule has 1 aromatic heterocycles. The molecule has 0 bridgehead atoms. The first-order valence-electron chi connectivity index (χ1n) is 7.75. The Morgan fingerprint density at radius 1 is 1.15 bits per heavy atom. The van der Waals surface area contributed by atoms with Gasteiger partial charge in [0.25, 0.3) is 5.22 Å². The van der Waals surface area contributed by atoms with Gasteiger partial charge in [-0.05, 0) is 38.1 Å². The molecule has 3 aromatic rings. The third-order valence-electron chi connectivity index (χ3n) is 3.51. The van der Waals surface area contributed by atoms with E-state index in [2.05, 4.69) is 15.5 Å². The molecule has 26 heavy (non-hydrogen) atoms. The monoisotopic (exact) mass is 375 g/mol. The van der Waals surface area contributed by atoms with Crippen molar-refractivity contribution in [3.63, 3.8) is 0 Å². The second kappa shape index (κ2) is 7.65. The first-order chi connectivity index (χ1) is 12.4. The highest BCUT2D eigenvalue weighted by Gasteiger charge is 2.19. The summed E-state index contributed by atoms with van der Waals surface area (Å²) in [6.45, 7) is 3.61. The first-order valence-corrected chi connectivity index (χ1v) is 8.63. The lowest BCUT2D eigenvalue weighted by Crippen LogP contribution is -2.22. The summed E-state index contributed by atoms with van der Waals surface area (Å²) in [6, 6.07) is 10.8. The summed E-state index contributed by atoms with van der Waals surface area (Å²) >= 11 is 1.08. The summed E-state index contributed by atoms with van der Waals surface area (Å²) in [7, 11) is 0. The number of benzene rings is 2. The molecule has 0 fully saturated rings. The summed E-state index contributed by atoms with van der Waals surface area (Å²) in [4.78, 5) is 12.2. The van der Waals surface area contributed by atoms with E-state index in [0.29, 0.717) is 5.89 Å². The highest BCUT2D eigenvalue weighted by atomic mass is 32.2. The van der Waals surface area contributed by atoms with Crippen LogP contribution in [0.3, 0.4) is 0 Å². The van der Waals surface area contributed by atoms with Crippen molar-refractivity contribution in [1.82, 2.24) is 10.2 Å². The van der Waals surface area contributed by atoms with E-state index >= 15 is 0 Å². The lowest BCUT2D eigenvalue weighted by atomic mass is 10.1. The summed E-state index contributed by atoms with van der Waals surface area (Å²) < 4.78 is 31.7. The van der Waals surface area contributed by atoms with E-state index in [0.717, 1.165) is 35.0 Å². The minimum absolute atomic E-state index is 0.173. The van der Waals surface area contributed by atoms with Gasteiger partial charge in [-0.2, -0.15) is 0 Å². The zero-order valence-corrected chi connectivity index (χ0v) is 14.8. The zero-order chi connectivity index (χ0) is 18.7. The molecule has 0 saturated heterocycles. The molecule has 8 heteroatoms. The van der Waals surface area contributed by atoms with Crippen molar-refractivity contribution < 1.29 is 18.0 Å². The topological polar surface area (TPSA) is 68.0 Å². The average Bonchev–Trinajstić information content (AvgIpc) is 3.06. The van der Waals surface area contributed by atoms with Crippen molar-refractivity contribution in [3.8, 4) is 11.5 Å². The van der Waals surface area contributed by atoms with E-state index in [1.165, 1.54) is 6.07 Å². The lowest BCUT2D eigenvalue weighted by molar-refractivity contribution is -0.115. The Balaban J connectivity index is 1.65.